The highest BCUT2D eigenvalue weighted by molar-refractivity contribution is 5.97. The van der Waals surface area contributed by atoms with Gasteiger partial charge in [0.1, 0.15) is 17.5 Å². The molecule has 0 aliphatic carbocycles. The van der Waals surface area contributed by atoms with E-state index in [9.17, 15) is 19.2 Å². The number of amides is 2. The molecule has 0 bridgehead atoms. The third-order valence-electron chi connectivity index (χ3n) is 6.55. The van der Waals surface area contributed by atoms with E-state index < -0.39 is 23.5 Å². The SMILES string of the molecule is C#CCN(Cc1ccc2nc(C)[nH]c(=O)c2c1)c1ccc(C(=O)N[C@@H](CCC(=O)NCCCC)C(=O)OC(C)(C)C)cc1. The number of fused-ring (bicyclic) bond motifs is 1. The normalized spacial score (nSPS) is 11.8. The average Bonchev–Trinajstić information content (AvgIpc) is 2.94. The van der Waals surface area contributed by atoms with E-state index in [2.05, 4.69) is 26.5 Å². The van der Waals surface area contributed by atoms with Crippen molar-refractivity contribution in [1.82, 2.24) is 20.6 Å². The molecule has 0 saturated heterocycles. The number of nitrogens with zero attached hydrogens (tertiary/aromatic N) is 2. The number of H-pyrrole nitrogens is 1. The molecule has 2 aromatic carbocycles. The first kappa shape index (κ1) is 32.9. The number of nitrogens with one attached hydrogen (secondary N) is 3. The third kappa shape index (κ3) is 9.99. The number of carbonyl (C=O) groups excluding carboxylic acids is 3. The maximum absolute atomic E-state index is 13.2. The van der Waals surface area contributed by atoms with Crippen LogP contribution in [-0.2, 0) is 20.9 Å². The van der Waals surface area contributed by atoms with Crippen LogP contribution in [0, 0.1) is 19.3 Å². The molecule has 10 heteroatoms. The van der Waals surface area contributed by atoms with Crippen LogP contribution in [0.5, 0.6) is 0 Å². The molecule has 0 radical (unpaired) electrons. The lowest BCUT2D eigenvalue weighted by atomic mass is 10.1. The number of hydrogen-bond acceptors (Lipinski definition) is 7. The van der Waals surface area contributed by atoms with E-state index >= 15 is 0 Å². The molecule has 1 heterocycles. The van der Waals surface area contributed by atoms with E-state index in [4.69, 9.17) is 11.2 Å². The van der Waals surface area contributed by atoms with Gasteiger partial charge in [-0.2, -0.15) is 0 Å². The van der Waals surface area contributed by atoms with Gasteiger partial charge in [0.25, 0.3) is 11.5 Å². The van der Waals surface area contributed by atoms with Crippen LogP contribution in [0.4, 0.5) is 5.69 Å². The van der Waals surface area contributed by atoms with Crippen molar-refractivity contribution in [3.05, 3.63) is 69.8 Å². The largest absolute Gasteiger partial charge is 0.458 e. The molecule has 1 aromatic heterocycles. The van der Waals surface area contributed by atoms with Gasteiger partial charge in [-0.1, -0.05) is 25.3 Å². The number of anilines is 1. The summed E-state index contributed by atoms with van der Waals surface area (Å²) < 4.78 is 5.51. The number of hydrogen-bond donors (Lipinski definition) is 3. The van der Waals surface area contributed by atoms with Crippen molar-refractivity contribution in [3.63, 3.8) is 0 Å². The van der Waals surface area contributed by atoms with Gasteiger partial charge in [0.2, 0.25) is 5.91 Å². The zero-order valence-corrected chi connectivity index (χ0v) is 25.6. The maximum Gasteiger partial charge on any atom is 0.329 e. The highest BCUT2D eigenvalue weighted by atomic mass is 16.6. The van der Waals surface area contributed by atoms with Crippen LogP contribution in [0.3, 0.4) is 0 Å². The van der Waals surface area contributed by atoms with E-state index in [0.717, 1.165) is 24.1 Å². The summed E-state index contributed by atoms with van der Waals surface area (Å²) in [4.78, 5) is 59.8. The number of unbranched alkanes of at least 4 members (excludes halogenated alkanes) is 1. The second-order valence-electron chi connectivity index (χ2n) is 11.4. The fourth-order valence-electron chi connectivity index (χ4n) is 4.43. The number of benzene rings is 2. The van der Waals surface area contributed by atoms with Crippen LogP contribution in [0.15, 0.2) is 47.3 Å². The number of aromatic nitrogens is 2. The molecule has 3 N–H and O–H groups in total. The summed E-state index contributed by atoms with van der Waals surface area (Å²) in [5, 5.41) is 6.06. The van der Waals surface area contributed by atoms with E-state index in [1.807, 2.05) is 24.0 Å². The van der Waals surface area contributed by atoms with Crippen LogP contribution in [0.2, 0.25) is 0 Å². The van der Waals surface area contributed by atoms with Crippen molar-refractivity contribution >= 4 is 34.4 Å². The number of terminal acetylenes is 1. The molecule has 0 saturated carbocycles. The highest BCUT2D eigenvalue weighted by Crippen LogP contribution is 2.20. The van der Waals surface area contributed by atoms with Gasteiger partial charge in [-0.25, -0.2) is 9.78 Å². The first-order valence-electron chi connectivity index (χ1n) is 14.5. The molecule has 10 nitrogen and oxygen atoms in total. The Morgan fingerprint density at radius 3 is 2.51 bits per heavy atom. The molecule has 0 aliphatic heterocycles. The molecule has 0 fully saturated rings. The van der Waals surface area contributed by atoms with Gasteiger partial charge in [0, 0.05) is 30.8 Å². The summed E-state index contributed by atoms with van der Waals surface area (Å²) in [5.41, 5.74) is 1.65. The minimum atomic E-state index is -0.990. The summed E-state index contributed by atoms with van der Waals surface area (Å²) in [5.74, 6) is 1.96. The highest BCUT2D eigenvalue weighted by Gasteiger charge is 2.27. The summed E-state index contributed by atoms with van der Waals surface area (Å²) in [7, 11) is 0. The van der Waals surface area contributed by atoms with E-state index in [1.54, 1.807) is 58.0 Å². The molecular formula is C33H41N5O5. The Balaban J connectivity index is 1.73. The van der Waals surface area contributed by atoms with Gasteiger partial charge in [0.15, 0.2) is 0 Å². The topological polar surface area (TPSA) is 133 Å². The van der Waals surface area contributed by atoms with Crippen molar-refractivity contribution in [2.24, 2.45) is 0 Å². The molecular weight excluding hydrogens is 546 g/mol. The predicted octanol–water partition coefficient (Wildman–Crippen LogP) is 4.01. The molecule has 43 heavy (non-hydrogen) atoms. The molecule has 0 aliphatic rings. The van der Waals surface area contributed by atoms with Crippen LogP contribution < -0.4 is 21.1 Å². The maximum atomic E-state index is 13.2. The second kappa shape index (κ2) is 15.0. The number of esters is 1. The number of aryl methyl sites for hydroxylation is 1. The van der Waals surface area contributed by atoms with Crippen LogP contribution in [0.25, 0.3) is 10.9 Å². The molecule has 3 aromatic rings. The van der Waals surface area contributed by atoms with Crippen molar-refractivity contribution in [3.8, 4) is 12.3 Å². The van der Waals surface area contributed by atoms with Crippen LogP contribution >= 0.6 is 0 Å². The van der Waals surface area contributed by atoms with Gasteiger partial charge in [-0.15, -0.1) is 6.42 Å². The fourth-order valence-corrected chi connectivity index (χ4v) is 4.43. The number of aromatic amines is 1. The Morgan fingerprint density at radius 1 is 1.14 bits per heavy atom. The Kier molecular flexibility index (Phi) is 11.5. The van der Waals surface area contributed by atoms with Crippen molar-refractivity contribution < 1.29 is 19.1 Å². The van der Waals surface area contributed by atoms with Crippen molar-refractivity contribution in [2.75, 3.05) is 18.0 Å². The lowest BCUT2D eigenvalue weighted by Gasteiger charge is -2.25. The van der Waals surface area contributed by atoms with Gasteiger partial charge in [-0.3, -0.25) is 14.4 Å². The number of rotatable bonds is 13. The smallest absolute Gasteiger partial charge is 0.329 e. The molecule has 228 valence electrons. The molecule has 0 spiro atoms. The Labute approximate surface area is 252 Å². The Bertz CT molecular complexity index is 1530. The Hall–Kier alpha value is -4.65. The average molecular weight is 588 g/mol. The molecule has 1 atom stereocenters. The molecule has 3 rings (SSSR count). The quantitative estimate of drug-likeness (QED) is 0.156. The third-order valence-corrected chi connectivity index (χ3v) is 6.55. The second-order valence-corrected chi connectivity index (χ2v) is 11.4. The van der Waals surface area contributed by atoms with Gasteiger partial charge in [0.05, 0.1) is 17.4 Å². The monoisotopic (exact) mass is 587 g/mol. The summed E-state index contributed by atoms with van der Waals surface area (Å²) >= 11 is 0. The molecule has 2 amide bonds. The first-order valence-corrected chi connectivity index (χ1v) is 14.5. The van der Waals surface area contributed by atoms with E-state index in [-0.39, 0.29) is 24.3 Å². The summed E-state index contributed by atoms with van der Waals surface area (Å²) in [6, 6.07) is 11.4. The van der Waals surface area contributed by atoms with Crippen LogP contribution in [-0.4, -0.2) is 52.5 Å². The number of carbonyl (C=O) groups is 3. The van der Waals surface area contributed by atoms with E-state index in [0.29, 0.717) is 41.9 Å². The number of ether oxygens (including phenoxy) is 1. The zero-order chi connectivity index (χ0) is 31.6. The summed E-state index contributed by atoms with van der Waals surface area (Å²) in [6.07, 6.45) is 7.65. The van der Waals surface area contributed by atoms with E-state index in [1.165, 1.54) is 0 Å². The standard InChI is InChI=1S/C33H41N5O5/c1-7-9-18-34-29(39)17-16-28(32(42)43-33(4,5)6)37-30(40)24-11-13-25(14-12-24)38(19-8-2)21-23-10-15-27-26(20-23)31(41)36-22(3)35-27/h2,10-15,20,28H,7,9,16-19,21H2,1,3-6H3,(H,34,39)(H,37,40)(H,35,36,41)/t28-/m0/s1. The van der Waals surface area contributed by atoms with Gasteiger partial charge in [-0.05, 0) is 82.5 Å². The summed E-state index contributed by atoms with van der Waals surface area (Å²) in [6.45, 7) is 10.3. The van der Waals surface area contributed by atoms with Crippen LogP contribution in [0.1, 0.15) is 75.1 Å². The Morgan fingerprint density at radius 2 is 1.86 bits per heavy atom. The first-order chi connectivity index (χ1) is 20.4. The lowest BCUT2D eigenvalue weighted by Crippen LogP contribution is -2.44. The minimum Gasteiger partial charge on any atom is -0.458 e. The zero-order valence-electron chi connectivity index (χ0n) is 25.6. The van der Waals surface area contributed by atoms with Crippen molar-refractivity contribution in [2.45, 2.75) is 78.5 Å². The van der Waals surface area contributed by atoms with Gasteiger partial charge < -0.3 is 25.3 Å². The minimum absolute atomic E-state index is 0.0736. The van der Waals surface area contributed by atoms with Crippen molar-refractivity contribution in [1.29, 1.82) is 0 Å². The molecule has 0 unspecified atom stereocenters. The lowest BCUT2D eigenvalue weighted by molar-refractivity contribution is -0.157. The predicted molar refractivity (Wildman–Crippen MR) is 168 cm³/mol. The fraction of sp³-hybridized carbons (Fsp3) is 0.424. The van der Waals surface area contributed by atoms with Gasteiger partial charge >= 0.3 is 5.97 Å².